The summed E-state index contributed by atoms with van der Waals surface area (Å²) >= 11 is 0. The fourth-order valence-electron chi connectivity index (χ4n) is 0.442. The molecule has 0 rings (SSSR count). The fraction of sp³-hybridized carbons (Fsp3) is 0.500. The molecule has 0 aromatic carbocycles. The van der Waals surface area contributed by atoms with Crippen LogP contribution in [-0.4, -0.2) is 11.1 Å². The van der Waals surface area contributed by atoms with Crippen LogP contribution >= 0.6 is 0 Å². The Balaban J connectivity index is 3.69. The van der Waals surface area contributed by atoms with Crippen molar-refractivity contribution in [2.75, 3.05) is 0 Å². The second-order valence-electron chi connectivity index (χ2n) is 1.59. The Kier molecular flexibility index (Phi) is 2.92. The van der Waals surface area contributed by atoms with E-state index in [1.165, 1.54) is 6.08 Å². The first-order valence-electron chi connectivity index (χ1n) is 2.57. The molecule has 1 N–H and O–H groups in total. The van der Waals surface area contributed by atoms with Crippen LogP contribution in [0.4, 0.5) is 0 Å². The maximum absolute atomic E-state index is 10.1. The molecule has 0 aromatic rings. The molecule has 8 heavy (non-hydrogen) atoms. The predicted molar refractivity (Wildman–Crippen MR) is 31.6 cm³/mol. The summed E-state index contributed by atoms with van der Waals surface area (Å²) in [5, 5.41) is 8.30. The highest BCUT2D eigenvalue weighted by Crippen LogP contribution is 2.01. The van der Waals surface area contributed by atoms with Gasteiger partial charge >= 0.3 is 5.97 Å². The normalized spacial score (nSPS) is 12.6. The van der Waals surface area contributed by atoms with E-state index in [4.69, 9.17) is 5.11 Å². The summed E-state index contributed by atoms with van der Waals surface area (Å²) in [6.07, 6.45) is 2.07. The molecule has 0 amide bonds. The van der Waals surface area contributed by atoms with Gasteiger partial charge in [-0.3, -0.25) is 4.79 Å². The highest BCUT2D eigenvalue weighted by atomic mass is 16.4. The second kappa shape index (κ2) is 3.24. The minimum Gasteiger partial charge on any atom is -0.481 e. The Hall–Kier alpha value is -0.790. The van der Waals surface area contributed by atoms with Gasteiger partial charge in [-0.25, -0.2) is 0 Å². The topological polar surface area (TPSA) is 37.3 Å². The van der Waals surface area contributed by atoms with E-state index in [1.54, 1.807) is 0 Å². The van der Waals surface area contributed by atoms with E-state index in [9.17, 15) is 4.79 Å². The average molecular weight is 114 g/mol. The van der Waals surface area contributed by atoms with E-state index in [1.807, 2.05) is 6.92 Å². The number of carboxylic acid groups (broad SMARTS) is 1. The number of carbonyl (C=O) groups is 1. The second-order valence-corrected chi connectivity index (χ2v) is 1.59. The van der Waals surface area contributed by atoms with Gasteiger partial charge in [0.2, 0.25) is 0 Å². The minimum atomic E-state index is -0.789. The lowest BCUT2D eigenvalue weighted by Crippen LogP contribution is -2.08. The summed E-state index contributed by atoms with van der Waals surface area (Å²) in [6, 6.07) is 0. The summed E-state index contributed by atoms with van der Waals surface area (Å²) in [6.45, 7) is 5.19. The lowest BCUT2D eigenvalue weighted by molar-refractivity contribution is -0.140. The first-order valence-corrected chi connectivity index (χ1v) is 2.57. The molecule has 2 heteroatoms. The maximum Gasteiger partial charge on any atom is 0.310 e. The van der Waals surface area contributed by atoms with E-state index in [0.717, 1.165) is 0 Å². The SMILES string of the molecule is C=C[C@@H](CC)C(=O)O. The molecule has 0 spiro atoms. The molecular formula is C6H10O2. The largest absolute Gasteiger partial charge is 0.481 e. The zero-order valence-electron chi connectivity index (χ0n) is 4.92. The molecule has 0 saturated heterocycles. The molecule has 2 nitrogen and oxygen atoms in total. The van der Waals surface area contributed by atoms with Crippen molar-refractivity contribution in [1.82, 2.24) is 0 Å². The summed E-state index contributed by atoms with van der Waals surface area (Å²) in [4.78, 5) is 10.1. The molecular weight excluding hydrogens is 104 g/mol. The Morgan fingerprint density at radius 3 is 2.50 bits per heavy atom. The number of hydrogen-bond donors (Lipinski definition) is 1. The molecule has 0 aliphatic rings. The summed E-state index contributed by atoms with van der Waals surface area (Å²) < 4.78 is 0. The molecule has 0 aromatic heterocycles. The fourth-order valence-corrected chi connectivity index (χ4v) is 0.442. The summed E-state index contributed by atoms with van der Waals surface area (Å²) in [7, 11) is 0. The van der Waals surface area contributed by atoms with Gasteiger partial charge in [-0.1, -0.05) is 13.0 Å². The highest BCUT2D eigenvalue weighted by molar-refractivity contribution is 5.71. The molecule has 0 fully saturated rings. The zero-order chi connectivity index (χ0) is 6.57. The van der Waals surface area contributed by atoms with Gasteiger partial charge in [-0.05, 0) is 6.42 Å². The van der Waals surface area contributed by atoms with Crippen LogP contribution < -0.4 is 0 Å². The van der Waals surface area contributed by atoms with Crippen molar-refractivity contribution in [2.24, 2.45) is 5.92 Å². The lowest BCUT2D eigenvalue weighted by Gasteiger charge is -1.98. The first-order chi connectivity index (χ1) is 3.72. The van der Waals surface area contributed by atoms with Gasteiger partial charge in [-0.15, -0.1) is 6.58 Å². The van der Waals surface area contributed by atoms with Gasteiger partial charge in [0.05, 0.1) is 5.92 Å². The molecule has 0 saturated carbocycles. The van der Waals surface area contributed by atoms with Crippen molar-refractivity contribution in [3.63, 3.8) is 0 Å². The van der Waals surface area contributed by atoms with Crippen LogP contribution in [-0.2, 0) is 4.79 Å². The van der Waals surface area contributed by atoms with Crippen LogP contribution in [0.5, 0.6) is 0 Å². The standard InChI is InChI=1S/C6H10O2/c1-3-5(4-2)6(7)8/h3,5H,1,4H2,2H3,(H,7,8)/t5-/m0/s1. The zero-order valence-corrected chi connectivity index (χ0v) is 4.92. The minimum absolute atomic E-state index is 0.366. The van der Waals surface area contributed by atoms with E-state index < -0.39 is 5.97 Å². The molecule has 46 valence electrons. The van der Waals surface area contributed by atoms with Crippen molar-refractivity contribution < 1.29 is 9.90 Å². The van der Waals surface area contributed by atoms with Gasteiger partial charge in [0.1, 0.15) is 0 Å². The number of aliphatic carboxylic acids is 1. The Bertz CT molecular complexity index is 96.7. The van der Waals surface area contributed by atoms with E-state index in [0.29, 0.717) is 6.42 Å². The molecule has 0 radical (unpaired) electrons. The van der Waals surface area contributed by atoms with E-state index >= 15 is 0 Å². The third-order valence-corrected chi connectivity index (χ3v) is 1.04. The Labute approximate surface area is 48.8 Å². The molecule has 0 aliphatic carbocycles. The summed E-state index contributed by atoms with van der Waals surface area (Å²) in [5.74, 6) is -1.16. The van der Waals surface area contributed by atoms with Crippen molar-refractivity contribution in [3.8, 4) is 0 Å². The van der Waals surface area contributed by atoms with E-state index in [-0.39, 0.29) is 5.92 Å². The maximum atomic E-state index is 10.1. The van der Waals surface area contributed by atoms with Crippen molar-refractivity contribution in [2.45, 2.75) is 13.3 Å². The average Bonchev–Trinajstić information content (AvgIpc) is 1.69. The van der Waals surface area contributed by atoms with Gasteiger partial charge < -0.3 is 5.11 Å². The third-order valence-electron chi connectivity index (χ3n) is 1.04. The Morgan fingerprint density at radius 2 is 2.50 bits per heavy atom. The number of rotatable bonds is 3. The van der Waals surface area contributed by atoms with Crippen LogP contribution in [0, 0.1) is 5.92 Å². The Morgan fingerprint density at radius 1 is 2.00 bits per heavy atom. The van der Waals surface area contributed by atoms with Crippen LogP contribution in [0.2, 0.25) is 0 Å². The van der Waals surface area contributed by atoms with Crippen LogP contribution in [0.3, 0.4) is 0 Å². The van der Waals surface area contributed by atoms with Gasteiger partial charge in [0, 0.05) is 0 Å². The molecule has 0 aliphatic heterocycles. The van der Waals surface area contributed by atoms with Gasteiger partial charge in [-0.2, -0.15) is 0 Å². The summed E-state index contributed by atoms with van der Waals surface area (Å²) in [5.41, 5.74) is 0. The van der Waals surface area contributed by atoms with Crippen molar-refractivity contribution in [1.29, 1.82) is 0 Å². The van der Waals surface area contributed by atoms with Crippen LogP contribution in [0.25, 0.3) is 0 Å². The van der Waals surface area contributed by atoms with Crippen LogP contribution in [0.1, 0.15) is 13.3 Å². The number of hydrogen-bond acceptors (Lipinski definition) is 1. The van der Waals surface area contributed by atoms with Gasteiger partial charge in [0.15, 0.2) is 0 Å². The molecule has 0 bridgehead atoms. The quantitative estimate of drug-likeness (QED) is 0.561. The molecule has 1 atom stereocenters. The van der Waals surface area contributed by atoms with Gasteiger partial charge in [0.25, 0.3) is 0 Å². The van der Waals surface area contributed by atoms with Crippen LogP contribution in [0.15, 0.2) is 12.7 Å². The van der Waals surface area contributed by atoms with Crippen molar-refractivity contribution in [3.05, 3.63) is 12.7 Å². The smallest absolute Gasteiger partial charge is 0.310 e. The van der Waals surface area contributed by atoms with Crippen molar-refractivity contribution >= 4 is 5.97 Å². The van der Waals surface area contributed by atoms with E-state index in [2.05, 4.69) is 6.58 Å². The molecule has 0 unspecified atom stereocenters. The third kappa shape index (κ3) is 1.78. The monoisotopic (exact) mass is 114 g/mol. The number of carboxylic acids is 1. The predicted octanol–water partition coefficient (Wildman–Crippen LogP) is 1.28. The first kappa shape index (κ1) is 7.21. The molecule has 0 heterocycles. The lowest BCUT2D eigenvalue weighted by atomic mass is 10.1. The highest BCUT2D eigenvalue weighted by Gasteiger charge is 2.07.